The first kappa shape index (κ1) is 14.6. The van der Waals surface area contributed by atoms with E-state index in [4.69, 9.17) is 11.6 Å². The number of hydrogen-bond acceptors (Lipinski definition) is 3. The van der Waals surface area contributed by atoms with Crippen molar-refractivity contribution in [2.75, 3.05) is 0 Å². The van der Waals surface area contributed by atoms with Crippen LogP contribution < -0.4 is 5.32 Å². The number of carbonyl (C=O) groups is 1. The summed E-state index contributed by atoms with van der Waals surface area (Å²) in [6, 6.07) is 1.88. The molecule has 108 valence electrons. The Kier molecular flexibility index (Phi) is 4.44. The van der Waals surface area contributed by atoms with Crippen LogP contribution in [0.3, 0.4) is 0 Å². The predicted octanol–water partition coefficient (Wildman–Crippen LogP) is 1.59. The van der Waals surface area contributed by atoms with Crippen LogP contribution in [-0.4, -0.2) is 25.5 Å². The van der Waals surface area contributed by atoms with Gasteiger partial charge >= 0.3 is 0 Å². The van der Waals surface area contributed by atoms with Crippen molar-refractivity contribution >= 4 is 17.5 Å². The van der Waals surface area contributed by atoms with E-state index in [1.807, 2.05) is 33.2 Å². The van der Waals surface area contributed by atoms with Gasteiger partial charge < -0.3 is 5.32 Å². The largest absolute Gasteiger partial charge is 0.350 e. The van der Waals surface area contributed by atoms with Gasteiger partial charge in [-0.1, -0.05) is 11.6 Å². The topological polar surface area (TPSA) is 64.7 Å². The van der Waals surface area contributed by atoms with E-state index in [0.29, 0.717) is 24.5 Å². The second kappa shape index (κ2) is 6.09. The average molecular weight is 296 g/mol. The molecule has 2 heterocycles. The average Bonchev–Trinajstić information content (AvgIpc) is 2.93. The summed E-state index contributed by atoms with van der Waals surface area (Å²) in [5.74, 6) is -0.0284. The molecule has 6 nitrogen and oxygen atoms in total. The molecule has 0 aliphatic heterocycles. The van der Waals surface area contributed by atoms with Crippen molar-refractivity contribution in [3.05, 3.63) is 34.4 Å². The first-order chi connectivity index (χ1) is 9.47. The number of amides is 1. The number of aryl methyl sites for hydroxylation is 3. The fraction of sp³-hybridized carbons (Fsp3) is 0.462. The summed E-state index contributed by atoms with van der Waals surface area (Å²) in [5.41, 5.74) is 2.52. The summed E-state index contributed by atoms with van der Waals surface area (Å²) in [7, 11) is 1.85. The Bertz CT molecular complexity index is 616. The van der Waals surface area contributed by atoms with E-state index < -0.39 is 0 Å². The lowest BCUT2D eigenvalue weighted by atomic mass is 10.3. The molecule has 0 saturated heterocycles. The van der Waals surface area contributed by atoms with Crippen molar-refractivity contribution in [1.82, 2.24) is 24.9 Å². The lowest BCUT2D eigenvalue weighted by Gasteiger charge is -2.05. The molecule has 0 aliphatic rings. The highest BCUT2D eigenvalue weighted by molar-refractivity contribution is 6.31. The zero-order valence-corrected chi connectivity index (χ0v) is 12.6. The molecule has 20 heavy (non-hydrogen) atoms. The lowest BCUT2D eigenvalue weighted by Crippen LogP contribution is -2.24. The Morgan fingerprint density at radius 3 is 2.70 bits per heavy atom. The molecule has 0 saturated carbocycles. The molecule has 0 aromatic carbocycles. The van der Waals surface area contributed by atoms with Gasteiger partial charge in [0.1, 0.15) is 0 Å². The number of aromatic nitrogens is 4. The molecule has 1 amide bonds. The summed E-state index contributed by atoms with van der Waals surface area (Å²) in [5, 5.41) is 12.0. The maximum absolute atomic E-state index is 11.8. The number of carbonyl (C=O) groups excluding carboxylic acids is 1. The highest BCUT2D eigenvalue weighted by atomic mass is 35.5. The van der Waals surface area contributed by atoms with Gasteiger partial charge in [0, 0.05) is 19.7 Å². The van der Waals surface area contributed by atoms with Gasteiger partial charge in [-0.2, -0.15) is 10.2 Å². The van der Waals surface area contributed by atoms with Crippen LogP contribution in [0.4, 0.5) is 0 Å². The Morgan fingerprint density at radius 2 is 2.15 bits per heavy atom. The quantitative estimate of drug-likeness (QED) is 0.911. The molecule has 1 N–H and O–H groups in total. The summed E-state index contributed by atoms with van der Waals surface area (Å²) < 4.78 is 3.47. The minimum absolute atomic E-state index is 0.0284. The van der Waals surface area contributed by atoms with Crippen molar-refractivity contribution in [3.8, 4) is 0 Å². The predicted molar refractivity (Wildman–Crippen MR) is 76.4 cm³/mol. The Balaban J connectivity index is 1.81. The van der Waals surface area contributed by atoms with Gasteiger partial charge in [-0.3, -0.25) is 14.2 Å². The molecular weight excluding hydrogens is 278 g/mol. The highest BCUT2D eigenvalue weighted by Crippen LogP contribution is 2.18. The molecule has 0 fully saturated rings. The van der Waals surface area contributed by atoms with Gasteiger partial charge in [0.2, 0.25) is 5.91 Å². The first-order valence-corrected chi connectivity index (χ1v) is 6.80. The van der Waals surface area contributed by atoms with E-state index in [2.05, 4.69) is 15.5 Å². The van der Waals surface area contributed by atoms with Crippen LogP contribution in [0.15, 0.2) is 12.3 Å². The van der Waals surface area contributed by atoms with Crippen LogP contribution in [0.1, 0.15) is 23.5 Å². The molecule has 0 aliphatic carbocycles. The van der Waals surface area contributed by atoms with Crippen LogP contribution in [-0.2, 0) is 24.9 Å². The van der Waals surface area contributed by atoms with Crippen LogP contribution in [0.5, 0.6) is 0 Å². The Morgan fingerprint density at radius 1 is 1.40 bits per heavy atom. The highest BCUT2D eigenvalue weighted by Gasteiger charge is 2.10. The molecule has 7 heteroatoms. The maximum atomic E-state index is 11.8. The van der Waals surface area contributed by atoms with Gasteiger partial charge in [0.15, 0.2) is 0 Å². The molecule has 2 rings (SSSR count). The Labute approximate surface area is 122 Å². The minimum Gasteiger partial charge on any atom is -0.350 e. The number of rotatable bonds is 5. The third-order valence-electron chi connectivity index (χ3n) is 3.08. The fourth-order valence-electron chi connectivity index (χ4n) is 1.94. The smallest absolute Gasteiger partial charge is 0.222 e. The normalized spacial score (nSPS) is 10.8. The molecule has 0 bridgehead atoms. The monoisotopic (exact) mass is 295 g/mol. The molecular formula is C13H18ClN5O. The van der Waals surface area contributed by atoms with Crippen molar-refractivity contribution < 1.29 is 4.79 Å². The SMILES string of the molecule is Cc1nn(CCC(=O)NCc2ccn(C)n2)c(C)c1Cl. The fourth-order valence-corrected chi connectivity index (χ4v) is 2.07. The number of nitrogens with one attached hydrogen (secondary N) is 1. The third kappa shape index (κ3) is 3.39. The molecule has 0 spiro atoms. The van der Waals surface area contributed by atoms with E-state index in [1.54, 1.807) is 9.36 Å². The third-order valence-corrected chi connectivity index (χ3v) is 3.63. The minimum atomic E-state index is -0.0284. The van der Waals surface area contributed by atoms with E-state index in [0.717, 1.165) is 17.1 Å². The Hall–Kier alpha value is -1.82. The second-order valence-corrected chi connectivity index (χ2v) is 5.09. The van der Waals surface area contributed by atoms with Crippen molar-refractivity contribution in [3.63, 3.8) is 0 Å². The summed E-state index contributed by atoms with van der Waals surface area (Å²) in [6.07, 6.45) is 2.21. The van der Waals surface area contributed by atoms with Crippen molar-refractivity contribution in [2.24, 2.45) is 7.05 Å². The van der Waals surface area contributed by atoms with Crippen LogP contribution in [0, 0.1) is 13.8 Å². The first-order valence-electron chi connectivity index (χ1n) is 6.42. The van der Waals surface area contributed by atoms with Crippen LogP contribution in [0.2, 0.25) is 5.02 Å². The summed E-state index contributed by atoms with van der Waals surface area (Å²) >= 11 is 6.06. The van der Waals surface area contributed by atoms with E-state index in [1.165, 1.54) is 0 Å². The molecule has 0 atom stereocenters. The zero-order chi connectivity index (χ0) is 14.7. The number of nitrogens with zero attached hydrogens (tertiary/aromatic N) is 4. The molecule has 2 aromatic rings. The summed E-state index contributed by atoms with van der Waals surface area (Å²) in [4.78, 5) is 11.8. The summed E-state index contributed by atoms with van der Waals surface area (Å²) in [6.45, 7) is 4.71. The standard InChI is InChI=1S/C13H18ClN5O/c1-9-13(14)10(2)19(16-9)7-5-12(20)15-8-11-4-6-18(3)17-11/h4,6H,5,7-8H2,1-3H3,(H,15,20). The lowest BCUT2D eigenvalue weighted by molar-refractivity contribution is -0.121. The maximum Gasteiger partial charge on any atom is 0.222 e. The van der Waals surface area contributed by atoms with Crippen molar-refractivity contribution in [2.45, 2.75) is 33.4 Å². The zero-order valence-electron chi connectivity index (χ0n) is 11.9. The van der Waals surface area contributed by atoms with Gasteiger partial charge in [0.25, 0.3) is 0 Å². The van der Waals surface area contributed by atoms with E-state index >= 15 is 0 Å². The van der Waals surface area contributed by atoms with Gasteiger partial charge in [-0.25, -0.2) is 0 Å². The van der Waals surface area contributed by atoms with E-state index in [-0.39, 0.29) is 5.91 Å². The molecule has 0 unspecified atom stereocenters. The number of hydrogen-bond donors (Lipinski definition) is 1. The second-order valence-electron chi connectivity index (χ2n) is 4.72. The van der Waals surface area contributed by atoms with Gasteiger partial charge in [-0.15, -0.1) is 0 Å². The van der Waals surface area contributed by atoms with Crippen LogP contribution >= 0.6 is 11.6 Å². The number of halogens is 1. The van der Waals surface area contributed by atoms with Crippen molar-refractivity contribution in [1.29, 1.82) is 0 Å². The van der Waals surface area contributed by atoms with Crippen LogP contribution in [0.25, 0.3) is 0 Å². The molecule has 2 aromatic heterocycles. The molecule has 0 radical (unpaired) electrons. The van der Waals surface area contributed by atoms with E-state index in [9.17, 15) is 4.79 Å². The van der Waals surface area contributed by atoms with Gasteiger partial charge in [0.05, 0.1) is 35.2 Å². The van der Waals surface area contributed by atoms with Gasteiger partial charge in [-0.05, 0) is 19.9 Å².